The molecule has 0 unspecified atom stereocenters. The van der Waals surface area contributed by atoms with Gasteiger partial charge in [0.05, 0.1) is 29.7 Å². The summed E-state index contributed by atoms with van der Waals surface area (Å²) >= 11 is 0. The number of para-hydroxylation sites is 1. The lowest BCUT2D eigenvalue weighted by atomic mass is 10.1. The Labute approximate surface area is 109 Å². The Bertz CT molecular complexity index is 675. The van der Waals surface area contributed by atoms with Gasteiger partial charge in [0.25, 0.3) is 5.91 Å². The Hall–Kier alpha value is -2.63. The number of fused-ring (bicyclic) bond motifs is 3. The molecule has 1 aliphatic heterocycles. The van der Waals surface area contributed by atoms with Crippen molar-refractivity contribution in [3.8, 4) is 5.69 Å². The van der Waals surface area contributed by atoms with Crippen molar-refractivity contribution in [1.29, 1.82) is 0 Å². The summed E-state index contributed by atoms with van der Waals surface area (Å²) in [4.78, 5) is 18.1. The number of amides is 1. The molecule has 2 aromatic rings. The summed E-state index contributed by atoms with van der Waals surface area (Å²) in [7, 11) is 1.74. The molecule has 1 aromatic carbocycles. The maximum absolute atomic E-state index is 12.3. The molecule has 6 heteroatoms. The topological polar surface area (TPSA) is 70.7 Å². The lowest BCUT2D eigenvalue weighted by Crippen LogP contribution is -2.25. The minimum atomic E-state index is -0.0359. The molecule has 0 aliphatic carbocycles. The molecule has 19 heavy (non-hydrogen) atoms. The molecule has 6 nitrogen and oxygen atoms in total. The van der Waals surface area contributed by atoms with Gasteiger partial charge in [0.15, 0.2) is 0 Å². The average molecular weight is 256 g/mol. The molecule has 96 valence electrons. The SMILES string of the molecule is CN1Cc2c(C=NO)ncn2-c2ccccc2C1=O. The lowest BCUT2D eigenvalue weighted by molar-refractivity contribution is 0.0788. The van der Waals surface area contributed by atoms with Crippen molar-refractivity contribution in [2.24, 2.45) is 5.16 Å². The third-order valence-electron chi connectivity index (χ3n) is 3.21. The fourth-order valence-electron chi connectivity index (χ4n) is 2.28. The summed E-state index contributed by atoms with van der Waals surface area (Å²) in [5.41, 5.74) is 2.79. The van der Waals surface area contributed by atoms with Crippen molar-refractivity contribution in [1.82, 2.24) is 14.5 Å². The van der Waals surface area contributed by atoms with Crippen LogP contribution in [-0.4, -0.2) is 38.8 Å². The van der Waals surface area contributed by atoms with Gasteiger partial charge in [-0.2, -0.15) is 0 Å². The average Bonchev–Trinajstić information content (AvgIpc) is 2.77. The van der Waals surface area contributed by atoms with Gasteiger partial charge in [-0.15, -0.1) is 0 Å². The number of nitrogens with zero attached hydrogens (tertiary/aromatic N) is 4. The lowest BCUT2D eigenvalue weighted by Gasteiger charge is -2.13. The first-order chi connectivity index (χ1) is 9.22. The van der Waals surface area contributed by atoms with Gasteiger partial charge >= 0.3 is 0 Å². The maximum Gasteiger partial charge on any atom is 0.256 e. The highest BCUT2D eigenvalue weighted by molar-refractivity contribution is 5.98. The van der Waals surface area contributed by atoms with E-state index in [0.717, 1.165) is 11.4 Å². The van der Waals surface area contributed by atoms with Crippen LogP contribution >= 0.6 is 0 Å². The van der Waals surface area contributed by atoms with Gasteiger partial charge in [-0.1, -0.05) is 17.3 Å². The molecule has 0 atom stereocenters. The summed E-state index contributed by atoms with van der Waals surface area (Å²) in [5, 5.41) is 11.7. The number of imidazole rings is 1. The Kier molecular flexibility index (Phi) is 2.56. The van der Waals surface area contributed by atoms with Crippen molar-refractivity contribution in [2.45, 2.75) is 6.54 Å². The van der Waals surface area contributed by atoms with E-state index in [9.17, 15) is 4.79 Å². The van der Waals surface area contributed by atoms with E-state index >= 15 is 0 Å². The zero-order valence-electron chi connectivity index (χ0n) is 10.3. The van der Waals surface area contributed by atoms with Crippen LogP contribution in [0.25, 0.3) is 5.69 Å². The smallest absolute Gasteiger partial charge is 0.256 e. The van der Waals surface area contributed by atoms with E-state index in [2.05, 4.69) is 10.1 Å². The number of hydrogen-bond acceptors (Lipinski definition) is 4. The quantitative estimate of drug-likeness (QED) is 0.474. The van der Waals surface area contributed by atoms with Crippen LogP contribution in [-0.2, 0) is 6.54 Å². The van der Waals surface area contributed by atoms with Gasteiger partial charge in [0.2, 0.25) is 0 Å². The van der Waals surface area contributed by atoms with Gasteiger partial charge < -0.3 is 10.1 Å². The number of carbonyl (C=O) groups is 1. The molecular formula is C13H12N4O2. The van der Waals surface area contributed by atoms with Crippen LogP contribution in [0.2, 0.25) is 0 Å². The standard InChI is InChI=1S/C13H12N4O2/c1-16-7-12-10(6-15-19)14-8-17(12)11-5-3-2-4-9(11)13(16)18/h2-6,8,19H,7H2,1H3. The third kappa shape index (κ3) is 1.69. The van der Waals surface area contributed by atoms with E-state index in [-0.39, 0.29) is 5.91 Å². The van der Waals surface area contributed by atoms with Crippen molar-refractivity contribution in [3.63, 3.8) is 0 Å². The highest BCUT2D eigenvalue weighted by atomic mass is 16.4. The van der Waals surface area contributed by atoms with E-state index in [0.29, 0.717) is 17.8 Å². The predicted octanol–water partition coefficient (Wildman–Crippen LogP) is 1.27. The molecule has 0 saturated carbocycles. The normalized spacial score (nSPS) is 14.4. The first kappa shape index (κ1) is 11.5. The van der Waals surface area contributed by atoms with Crippen LogP contribution in [0.1, 0.15) is 21.7 Å². The molecule has 2 heterocycles. The van der Waals surface area contributed by atoms with E-state index < -0.39 is 0 Å². The molecule has 0 radical (unpaired) electrons. The minimum Gasteiger partial charge on any atom is -0.411 e. The van der Waals surface area contributed by atoms with Crippen molar-refractivity contribution >= 4 is 12.1 Å². The van der Waals surface area contributed by atoms with E-state index in [1.807, 2.05) is 22.8 Å². The van der Waals surface area contributed by atoms with Crippen LogP contribution in [0, 0.1) is 0 Å². The molecular weight excluding hydrogens is 244 g/mol. The molecule has 1 amide bonds. The van der Waals surface area contributed by atoms with Crippen molar-refractivity contribution in [3.05, 3.63) is 47.5 Å². The fraction of sp³-hybridized carbons (Fsp3) is 0.154. The predicted molar refractivity (Wildman–Crippen MR) is 68.7 cm³/mol. The van der Waals surface area contributed by atoms with Crippen LogP contribution in [0.5, 0.6) is 0 Å². The summed E-state index contributed by atoms with van der Waals surface area (Å²) in [6, 6.07) is 7.38. The Morgan fingerprint density at radius 3 is 3.00 bits per heavy atom. The van der Waals surface area contributed by atoms with Crippen molar-refractivity contribution in [2.75, 3.05) is 7.05 Å². The molecule has 0 saturated heterocycles. The molecule has 0 spiro atoms. The van der Waals surface area contributed by atoms with Crippen LogP contribution < -0.4 is 0 Å². The van der Waals surface area contributed by atoms with Gasteiger partial charge in [0.1, 0.15) is 12.0 Å². The second-order valence-corrected chi connectivity index (χ2v) is 4.37. The van der Waals surface area contributed by atoms with Gasteiger partial charge in [-0.25, -0.2) is 4.98 Å². The number of carbonyl (C=O) groups excluding carboxylic acids is 1. The summed E-state index contributed by atoms with van der Waals surface area (Å²) in [6.07, 6.45) is 2.91. The molecule has 1 aliphatic rings. The second kappa shape index (κ2) is 4.24. The number of oxime groups is 1. The summed E-state index contributed by atoms with van der Waals surface area (Å²) < 4.78 is 1.85. The van der Waals surface area contributed by atoms with Gasteiger partial charge in [0, 0.05) is 7.05 Å². The number of hydrogen-bond donors (Lipinski definition) is 1. The van der Waals surface area contributed by atoms with Crippen LogP contribution in [0.4, 0.5) is 0 Å². The highest BCUT2D eigenvalue weighted by Gasteiger charge is 2.25. The first-order valence-electron chi connectivity index (χ1n) is 5.81. The number of rotatable bonds is 1. The Balaban J connectivity index is 2.28. The van der Waals surface area contributed by atoms with Gasteiger partial charge in [-0.05, 0) is 12.1 Å². The molecule has 3 rings (SSSR count). The molecule has 0 fully saturated rings. The zero-order valence-corrected chi connectivity index (χ0v) is 10.3. The highest BCUT2D eigenvalue weighted by Crippen LogP contribution is 2.24. The van der Waals surface area contributed by atoms with E-state index in [1.165, 1.54) is 6.21 Å². The minimum absolute atomic E-state index is 0.0359. The monoisotopic (exact) mass is 256 g/mol. The van der Waals surface area contributed by atoms with Crippen LogP contribution in [0.15, 0.2) is 35.7 Å². The molecule has 1 N–H and O–H groups in total. The molecule has 1 aromatic heterocycles. The third-order valence-corrected chi connectivity index (χ3v) is 3.21. The van der Waals surface area contributed by atoms with Gasteiger partial charge in [-0.3, -0.25) is 9.36 Å². The second-order valence-electron chi connectivity index (χ2n) is 4.37. The zero-order chi connectivity index (χ0) is 13.4. The first-order valence-corrected chi connectivity index (χ1v) is 5.81. The Morgan fingerprint density at radius 2 is 2.21 bits per heavy atom. The van der Waals surface area contributed by atoms with E-state index in [4.69, 9.17) is 5.21 Å². The largest absolute Gasteiger partial charge is 0.411 e. The van der Waals surface area contributed by atoms with Crippen molar-refractivity contribution < 1.29 is 10.0 Å². The molecule has 0 bridgehead atoms. The number of aromatic nitrogens is 2. The Morgan fingerprint density at radius 1 is 1.42 bits per heavy atom. The van der Waals surface area contributed by atoms with Crippen LogP contribution in [0.3, 0.4) is 0 Å². The van der Waals surface area contributed by atoms with E-state index in [1.54, 1.807) is 24.3 Å². The maximum atomic E-state index is 12.3. The fourth-order valence-corrected chi connectivity index (χ4v) is 2.28. The summed E-state index contributed by atoms with van der Waals surface area (Å²) in [5.74, 6) is -0.0359. The summed E-state index contributed by atoms with van der Waals surface area (Å²) in [6.45, 7) is 0.412. The number of benzene rings is 1.